The third-order valence-electron chi connectivity index (χ3n) is 2.26. The van der Waals surface area contributed by atoms with Crippen molar-refractivity contribution in [3.8, 4) is 0 Å². The Bertz CT molecular complexity index is 211. The zero-order chi connectivity index (χ0) is 8.97. The molecular formula is C11H17Br. The molecular weight excluding hydrogens is 212 g/mol. The first-order chi connectivity index (χ1) is 5.79. The third-order valence-corrected chi connectivity index (χ3v) is 3.06. The van der Waals surface area contributed by atoms with E-state index in [0.29, 0.717) is 0 Å². The van der Waals surface area contributed by atoms with Gasteiger partial charge in [-0.15, -0.1) is 0 Å². The quantitative estimate of drug-likeness (QED) is 0.662. The van der Waals surface area contributed by atoms with Crippen LogP contribution in [0.1, 0.15) is 46.0 Å². The predicted octanol–water partition coefficient (Wildman–Crippen LogP) is 4.57. The summed E-state index contributed by atoms with van der Waals surface area (Å²) in [6.07, 6.45) is 8.52. The van der Waals surface area contributed by atoms with Gasteiger partial charge in [0.25, 0.3) is 0 Å². The Morgan fingerprint density at radius 3 is 2.50 bits per heavy atom. The van der Waals surface area contributed by atoms with Crippen molar-refractivity contribution in [1.29, 1.82) is 0 Å². The average Bonchev–Trinajstić information content (AvgIpc) is 2.37. The van der Waals surface area contributed by atoms with Gasteiger partial charge < -0.3 is 0 Å². The Morgan fingerprint density at radius 1 is 1.25 bits per heavy atom. The normalized spacial score (nSPS) is 17.1. The van der Waals surface area contributed by atoms with Crippen LogP contribution in [0.25, 0.3) is 0 Å². The van der Waals surface area contributed by atoms with Crippen LogP contribution in [0.2, 0.25) is 0 Å². The molecule has 1 aliphatic rings. The minimum atomic E-state index is 1.13. The minimum absolute atomic E-state index is 1.13. The molecule has 0 spiro atoms. The molecule has 0 heterocycles. The van der Waals surface area contributed by atoms with Crippen LogP contribution < -0.4 is 0 Å². The summed E-state index contributed by atoms with van der Waals surface area (Å²) in [6, 6.07) is 0. The van der Waals surface area contributed by atoms with Crippen molar-refractivity contribution < 1.29 is 0 Å². The van der Waals surface area contributed by atoms with Crippen LogP contribution in [-0.4, -0.2) is 0 Å². The van der Waals surface area contributed by atoms with E-state index in [2.05, 4.69) is 35.9 Å². The van der Waals surface area contributed by atoms with Crippen LogP contribution in [0.15, 0.2) is 21.7 Å². The molecule has 0 nitrogen and oxygen atoms in total. The molecule has 0 atom stereocenters. The Kier molecular flexibility index (Phi) is 4.07. The van der Waals surface area contributed by atoms with E-state index in [0.717, 1.165) is 6.42 Å². The van der Waals surface area contributed by atoms with Crippen molar-refractivity contribution in [3.63, 3.8) is 0 Å². The maximum Gasteiger partial charge on any atom is 0.00231 e. The molecule has 0 aromatic rings. The topological polar surface area (TPSA) is 0 Å². The molecule has 0 N–H and O–H groups in total. The third kappa shape index (κ3) is 2.22. The number of allylic oxidation sites excluding steroid dienone is 4. The van der Waals surface area contributed by atoms with E-state index in [9.17, 15) is 0 Å². The average molecular weight is 229 g/mol. The van der Waals surface area contributed by atoms with Crippen LogP contribution in [0.4, 0.5) is 0 Å². The van der Waals surface area contributed by atoms with Crippen LogP contribution in [0.3, 0.4) is 0 Å². The van der Waals surface area contributed by atoms with Crippen molar-refractivity contribution in [3.05, 3.63) is 21.7 Å². The van der Waals surface area contributed by atoms with Gasteiger partial charge in [-0.25, -0.2) is 0 Å². The SMILES string of the molecule is CCCC1=CCC(Br)=C1CCC. The molecule has 0 aromatic heterocycles. The van der Waals surface area contributed by atoms with Crippen molar-refractivity contribution >= 4 is 15.9 Å². The molecule has 0 unspecified atom stereocenters. The largest absolute Gasteiger partial charge is 0.0761 e. The van der Waals surface area contributed by atoms with Gasteiger partial charge in [-0.05, 0) is 30.4 Å². The smallest absolute Gasteiger partial charge is 0.00231 e. The van der Waals surface area contributed by atoms with Crippen molar-refractivity contribution in [2.45, 2.75) is 46.0 Å². The highest BCUT2D eigenvalue weighted by molar-refractivity contribution is 9.11. The monoisotopic (exact) mass is 228 g/mol. The minimum Gasteiger partial charge on any atom is -0.0761 e. The lowest BCUT2D eigenvalue weighted by Gasteiger charge is -2.06. The molecule has 0 saturated heterocycles. The molecule has 0 aromatic carbocycles. The van der Waals surface area contributed by atoms with Crippen molar-refractivity contribution in [2.75, 3.05) is 0 Å². The molecule has 0 aliphatic heterocycles. The molecule has 1 heteroatoms. The molecule has 1 aliphatic carbocycles. The van der Waals surface area contributed by atoms with Gasteiger partial charge in [0.1, 0.15) is 0 Å². The molecule has 1 rings (SSSR count). The molecule has 0 amide bonds. The number of hydrogen-bond acceptors (Lipinski definition) is 0. The Hall–Kier alpha value is -0.0400. The van der Waals surface area contributed by atoms with Gasteiger partial charge in [-0.1, -0.05) is 48.7 Å². The summed E-state index contributed by atoms with van der Waals surface area (Å²) in [4.78, 5) is 0. The van der Waals surface area contributed by atoms with Gasteiger partial charge in [-0.2, -0.15) is 0 Å². The number of halogens is 1. The van der Waals surface area contributed by atoms with E-state index in [4.69, 9.17) is 0 Å². The van der Waals surface area contributed by atoms with E-state index in [1.807, 2.05) is 0 Å². The summed E-state index contributed by atoms with van der Waals surface area (Å²) < 4.78 is 1.42. The highest BCUT2D eigenvalue weighted by Crippen LogP contribution is 2.35. The Balaban J connectivity index is 2.64. The van der Waals surface area contributed by atoms with E-state index in [1.165, 1.54) is 30.2 Å². The van der Waals surface area contributed by atoms with E-state index in [-0.39, 0.29) is 0 Å². The molecule has 0 saturated carbocycles. The maximum absolute atomic E-state index is 3.64. The lowest BCUT2D eigenvalue weighted by atomic mass is 10.0. The second-order valence-electron chi connectivity index (χ2n) is 3.32. The first kappa shape index (κ1) is 10.0. The van der Waals surface area contributed by atoms with Crippen molar-refractivity contribution in [2.24, 2.45) is 0 Å². The maximum atomic E-state index is 3.64. The first-order valence-electron chi connectivity index (χ1n) is 4.86. The Labute approximate surface area is 83.9 Å². The van der Waals surface area contributed by atoms with Gasteiger partial charge >= 0.3 is 0 Å². The van der Waals surface area contributed by atoms with Crippen LogP contribution in [-0.2, 0) is 0 Å². The molecule has 68 valence electrons. The second kappa shape index (κ2) is 4.86. The van der Waals surface area contributed by atoms with E-state index < -0.39 is 0 Å². The molecule has 0 radical (unpaired) electrons. The predicted molar refractivity (Wildman–Crippen MR) is 58.5 cm³/mol. The van der Waals surface area contributed by atoms with Gasteiger partial charge in [0.2, 0.25) is 0 Å². The van der Waals surface area contributed by atoms with Crippen LogP contribution in [0.5, 0.6) is 0 Å². The van der Waals surface area contributed by atoms with Crippen molar-refractivity contribution in [1.82, 2.24) is 0 Å². The standard InChI is InChI=1S/C11H17Br/c1-3-5-9-7-8-11(12)10(9)6-4-2/h7H,3-6,8H2,1-2H3. The number of rotatable bonds is 4. The summed E-state index contributed by atoms with van der Waals surface area (Å²) >= 11 is 3.64. The summed E-state index contributed by atoms with van der Waals surface area (Å²) in [7, 11) is 0. The first-order valence-corrected chi connectivity index (χ1v) is 5.65. The van der Waals surface area contributed by atoms with Crippen LogP contribution >= 0.6 is 15.9 Å². The van der Waals surface area contributed by atoms with E-state index >= 15 is 0 Å². The fourth-order valence-electron chi connectivity index (χ4n) is 1.70. The number of hydrogen-bond donors (Lipinski definition) is 0. The van der Waals surface area contributed by atoms with Gasteiger partial charge in [-0.3, -0.25) is 0 Å². The second-order valence-corrected chi connectivity index (χ2v) is 4.27. The summed E-state index contributed by atoms with van der Waals surface area (Å²) in [6.45, 7) is 4.49. The van der Waals surface area contributed by atoms with E-state index in [1.54, 1.807) is 11.1 Å². The zero-order valence-electron chi connectivity index (χ0n) is 7.99. The fourth-order valence-corrected chi connectivity index (χ4v) is 2.32. The summed E-state index contributed by atoms with van der Waals surface area (Å²) in [5.74, 6) is 0. The summed E-state index contributed by atoms with van der Waals surface area (Å²) in [5, 5.41) is 0. The van der Waals surface area contributed by atoms with Gasteiger partial charge in [0.05, 0.1) is 0 Å². The van der Waals surface area contributed by atoms with Crippen LogP contribution in [0, 0.1) is 0 Å². The molecule has 0 fully saturated rings. The lowest BCUT2D eigenvalue weighted by molar-refractivity contribution is 0.858. The van der Waals surface area contributed by atoms with Gasteiger partial charge in [0.15, 0.2) is 0 Å². The molecule has 0 bridgehead atoms. The lowest BCUT2D eigenvalue weighted by Crippen LogP contribution is -1.87. The van der Waals surface area contributed by atoms with Gasteiger partial charge in [0, 0.05) is 4.48 Å². The molecule has 12 heavy (non-hydrogen) atoms. The Morgan fingerprint density at radius 2 is 1.92 bits per heavy atom. The zero-order valence-corrected chi connectivity index (χ0v) is 9.58. The fraction of sp³-hybridized carbons (Fsp3) is 0.636. The highest BCUT2D eigenvalue weighted by atomic mass is 79.9. The summed E-state index contributed by atoms with van der Waals surface area (Å²) in [5.41, 5.74) is 3.17. The highest BCUT2D eigenvalue weighted by Gasteiger charge is 2.13.